The summed E-state index contributed by atoms with van der Waals surface area (Å²) < 4.78 is 0. The number of carboxylic acids is 4. The highest BCUT2D eigenvalue weighted by molar-refractivity contribution is 5.72. The van der Waals surface area contributed by atoms with Gasteiger partial charge in [-0.3, -0.25) is 19.2 Å². The second-order valence-corrected chi connectivity index (χ2v) is 3.79. The summed E-state index contributed by atoms with van der Waals surface area (Å²) in [6.07, 6.45) is 2.16. The zero-order valence-corrected chi connectivity index (χ0v) is 13.0. The number of rotatable bonds is 5. The minimum Gasteiger partial charge on any atom is -0.481 e. The van der Waals surface area contributed by atoms with Crippen molar-refractivity contribution in [2.45, 2.75) is 46.1 Å². The Hall–Kier alpha value is -2.20. The number of carbonyl (C=O) groups is 4. The van der Waals surface area contributed by atoms with Crippen LogP contribution >= 0.6 is 0 Å². The first kappa shape index (κ1) is 28.0. The predicted molar refractivity (Wildman–Crippen MR) is 78.4 cm³/mol. The molecular formula is C12H26N2O8. The number of aliphatic carboxylic acids is 4. The van der Waals surface area contributed by atoms with Gasteiger partial charge in [0.05, 0.1) is 0 Å². The predicted octanol–water partition coefficient (Wildman–Crippen LogP) is -0.200. The number of unbranched alkanes of at least 4 members (excludes halogenated alkanes) is 1. The van der Waals surface area contributed by atoms with Crippen molar-refractivity contribution in [1.82, 2.24) is 0 Å². The average molecular weight is 326 g/mol. The van der Waals surface area contributed by atoms with Gasteiger partial charge in [-0.1, -0.05) is 6.42 Å². The first-order chi connectivity index (χ1) is 9.88. The van der Waals surface area contributed by atoms with Crippen molar-refractivity contribution < 1.29 is 39.6 Å². The van der Waals surface area contributed by atoms with Gasteiger partial charge in [-0.25, -0.2) is 0 Å². The van der Waals surface area contributed by atoms with Crippen LogP contribution in [0.4, 0.5) is 0 Å². The molecule has 0 fully saturated rings. The Morgan fingerprint density at radius 3 is 1.27 bits per heavy atom. The van der Waals surface area contributed by atoms with Crippen molar-refractivity contribution in [2.24, 2.45) is 11.5 Å². The van der Waals surface area contributed by atoms with Crippen LogP contribution in [-0.4, -0.2) is 56.9 Å². The van der Waals surface area contributed by atoms with E-state index in [9.17, 15) is 4.79 Å². The minimum atomic E-state index is -0.933. The van der Waals surface area contributed by atoms with E-state index in [1.54, 1.807) is 0 Å². The molecule has 0 amide bonds. The summed E-state index contributed by atoms with van der Waals surface area (Å²) in [7, 11) is 0. The van der Waals surface area contributed by atoms with Crippen LogP contribution in [0.5, 0.6) is 0 Å². The van der Waals surface area contributed by atoms with E-state index in [4.69, 9.17) is 46.3 Å². The van der Waals surface area contributed by atoms with Gasteiger partial charge < -0.3 is 31.9 Å². The Morgan fingerprint density at radius 1 is 0.818 bits per heavy atom. The standard InChI is InChI=1S/C6H14N2O2.3C2H4O2/c7-4-2-1-3-5(8)6(9)10;3*1-2(3)4/h5H,1-4,7-8H2,(H,9,10);3*1H3,(H,3,4). The van der Waals surface area contributed by atoms with Crippen molar-refractivity contribution in [3.63, 3.8) is 0 Å². The molecule has 0 saturated carbocycles. The molecule has 10 nitrogen and oxygen atoms in total. The van der Waals surface area contributed by atoms with Gasteiger partial charge >= 0.3 is 5.97 Å². The van der Waals surface area contributed by atoms with E-state index in [0.717, 1.165) is 33.6 Å². The topological polar surface area (TPSA) is 201 Å². The maximum Gasteiger partial charge on any atom is 0.320 e. The zero-order valence-electron chi connectivity index (χ0n) is 13.0. The normalized spacial score (nSPS) is 9.32. The SMILES string of the molecule is CC(=O)O.CC(=O)O.CC(=O)O.NCCCCC(N)C(=O)O. The molecule has 8 N–H and O–H groups in total. The molecule has 132 valence electrons. The molecule has 0 heterocycles. The zero-order chi connectivity index (χ0) is 18.7. The molecule has 0 aromatic heterocycles. The van der Waals surface area contributed by atoms with Gasteiger partial charge in [0.1, 0.15) is 6.04 Å². The summed E-state index contributed by atoms with van der Waals surface area (Å²) in [5.74, 6) is -3.43. The lowest BCUT2D eigenvalue weighted by molar-refractivity contribution is -0.139. The van der Waals surface area contributed by atoms with Crippen LogP contribution in [0.15, 0.2) is 0 Å². The summed E-state index contributed by atoms with van der Waals surface area (Å²) in [5.41, 5.74) is 10.4. The van der Waals surface area contributed by atoms with Gasteiger partial charge in [-0.05, 0) is 19.4 Å². The van der Waals surface area contributed by atoms with Crippen LogP contribution in [0, 0.1) is 0 Å². The summed E-state index contributed by atoms with van der Waals surface area (Å²) in [6, 6.07) is -0.716. The molecule has 0 radical (unpaired) electrons. The summed E-state index contributed by atoms with van der Waals surface area (Å²) in [6.45, 7) is 3.85. The molecule has 1 unspecified atom stereocenters. The fourth-order valence-electron chi connectivity index (χ4n) is 0.632. The third-order valence-electron chi connectivity index (χ3n) is 1.29. The lowest BCUT2D eigenvalue weighted by Crippen LogP contribution is -2.29. The van der Waals surface area contributed by atoms with E-state index >= 15 is 0 Å². The molecule has 1 atom stereocenters. The molecule has 0 aliphatic carbocycles. The minimum absolute atomic E-state index is 0.520. The van der Waals surface area contributed by atoms with Crippen molar-refractivity contribution in [2.75, 3.05) is 6.54 Å². The highest BCUT2D eigenvalue weighted by Crippen LogP contribution is 1.96. The summed E-state index contributed by atoms with van der Waals surface area (Å²) >= 11 is 0. The van der Waals surface area contributed by atoms with Crippen LogP contribution in [0.2, 0.25) is 0 Å². The van der Waals surface area contributed by atoms with Gasteiger partial charge in [-0.15, -0.1) is 0 Å². The average Bonchev–Trinajstić information content (AvgIpc) is 2.26. The number of nitrogens with two attached hydrogens (primary N) is 2. The second kappa shape index (κ2) is 21.1. The fourth-order valence-corrected chi connectivity index (χ4v) is 0.632. The second-order valence-electron chi connectivity index (χ2n) is 3.79. The van der Waals surface area contributed by atoms with Gasteiger partial charge in [0, 0.05) is 20.8 Å². The molecular weight excluding hydrogens is 300 g/mol. The lowest BCUT2D eigenvalue weighted by atomic mass is 10.1. The van der Waals surface area contributed by atoms with Crippen LogP contribution in [0.25, 0.3) is 0 Å². The number of hydrogen-bond acceptors (Lipinski definition) is 6. The smallest absolute Gasteiger partial charge is 0.320 e. The van der Waals surface area contributed by atoms with Crippen LogP contribution in [0.1, 0.15) is 40.0 Å². The quantitative estimate of drug-likeness (QED) is 0.367. The lowest BCUT2D eigenvalue weighted by Gasteiger charge is -2.03. The maximum atomic E-state index is 10.1. The van der Waals surface area contributed by atoms with E-state index in [-0.39, 0.29) is 0 Å². The summed E-state index contributed by atoms with van der Waals surface area (Å²) in [5, 5.41) is 30.6. The van der Waals surface area contributed by atoms with E-state index in [0.29, 0.717) is 13.0 Å². The van der Waals surface area contributed by atoms with Crippen LogP contribution in [-0.2, 0) is 19.2 Å². The van der Waals surface area contributed by atoms with Gasteiger partial charge in [0.15, 0.2) is 0 Å². The van der Waals surface area contributed by atoms with Gasteiger partial charge in [0.2, 0.25) is 0 Å². The van der Waals surface area contributed by atoms with Crippen molar-refractivity contribution >= 4 is 23.9 Å². The molecule has 10 heteroatoms. The molecule has 0 rings (SSSR count). The largest absolute Gasteiger partial charge is 0.481 e. The summed E-state index contributed by atoms with van der Waals surface area (Å²) in [4.78, 5) is 37.1. The Morgan fingerprint density at radius 2 is 1.09 bits per heavy atom. The Kier molecular flexibility index (Phi) is 26.9. The fraction of sp³-hybridized carbons (Fsp3) is 0.667. The van der Waals surface area contributed by atoms with E-state index in [1.165, 1.54) is 0 Å². The Bertz CT molecular complexity index is 280. The third kappa shape index (κ3) is 109. The van der Waals surface area contributed by atoms with Crippen molar-refractivity contribution in [3.05, 3.63) is 0 Å². The number of carboxylic acid groups (broad SMARTS) is 4. The van der Waals surface area contributed by atoms with Crippen molar-refractivity contribution in [1.29, 1.82) is 0 Å². The van der Waals surface area contributed by atoms with Gasteiger partial charge in [0.25, 0.3) is 17.9 Å². The monoisotopic (exact) mass is 326 g/mol. The van der Waals surface area contributed by atoms with Crippen LogP contribution in [0.3, 0.4) is 0 Å². The molecule has 0 aliphatic rings. The molecule has 0 aromatic rings. The molecule has 0 aliphatic heterocycles. The molecule has 0 bridgehead atoms. The molecule has 0 aromatic carbocycles. The first-order valence-electron chi connectivity index (χ1n) is 6.15. The van der Waals surface area contributed by atoms with Crippen LogP contribution < -0.4 is 11.5 Å². The molecule has 22 heavy (non-hydrogen) atoms. The van der Waals surface area contributed by atoms with Crippen molar-refractivity contribution in [3.8, 4) is 0 Å². The van der Waals surface area contributed by atoms with Gasteiger partial charge in [-0.2, -0.15) is 0 Å². The Balaban J connectivity index is -0.000000112. The maximum absolute atomic E-state index is 10.1. The molecule has 0 saturated heterocycles. The highest BCUT2D eigenvalue weighted by Gasteiger charge is 2.09. The highest BCUT2D eigenvalue weighted by atomic mass is 16.4. The molecule has 0 spiro atoms. The third-order valence-corrected chi connectivity index (χ3v) is 1.29. The first-order valence-corrected chi connectivity index (χ1v) is 6.15. The van der Waals surface area contributed by atoms with E-state index in [1.807, 2.05) is 0 Å². The van der Waals surface area contributed by atoms with E-state index < -0.39 is 29.9 Å². The van der Waals surface area contributed by atoms with E-state index in [2.05, 4.69) is 0 Å². The Labute approximate surface area is 128 Å². The number of hydrogen-bond donors (Lipinski definition) is 6.